The third kappa shape index (κ3) is 2.64. The van der Waals surface area contributed by atoms with E-state index in [1.807, 2.05) is 0 Å². The highest BCUT2D eigenvalue weighted by molar-refractivity contribution is 7.88. The average Bonchev–Trinajstić information content (AvgIpc) is 2.06. The molecule has 0 saturated heterocycles. The molecule has 0 aromatic heterocycles. The van der Waals surface area contributed by atoms with E-state index in [4.69, 9.17) is 0 Å². The van der Waals surface area contributed by atoms with Gasteiger partial charge < -0.3 is 0 Å². The lowest BCUT2D eigenvalue weighted by molar-refractivity contribution is 0.587. The van der Waals surface area contributed by atoms with Crippen LogP contribution in [0.3, 0.4) is 0 Å². The standard InChI is InChI=1S/C8H10NO2S/c1-9-12(10,11)7-8-5-3-2-4-6-8/h2-5,9H,7H2,1H3. The molecule has 0 saturated carbocycles. The van der Waals surface area contributed by atoms with E-state index in [-0.39, 0.29) is 5.75 Å². The van der Waals surface area contributed by atoms with Crippen LogP contribution in [0.4, 0.5) is 0 Å². The van der Waals surface area contributed by atoms with Gasteiger partial charge >= 0.3 is 0 Å². The van der Waals surface area contributed by atoms with Crippen molar-refractivity contribution < 1.29 is 8.42 Å². The van der Waals surface area contributed by atoms with E-state index in [2.05, 4.69) is 10.8 Å². The van der Waals surface area contributed by atoms with Crippen molar-refractivity contribution >= 4 is 10.0 Å². The molecule has 0 bridgehead atoms. The van der Waals surface area contributed by atoms with Crippen molar-refractivity contribution in [1.29, 1.82) is 0 Å². The first-order valence-electron chi connectivity index (χ1n) is 3.51. The van der Waals surface area contributed by atoms with Gasteiger partial charge in [0.05, 0.1) is 5.75 Å². The Morgan fingerprint density at radius 1 is 1.50 bits per heavy atom. The summed E-state index contributed by atoms with van der Waals surface area (Å²) in [5.41, 5.74) is 0.673. The van der Waals surface area contributed by atoms with Crippen LogP contribution in [0.25, 0.3) is 0 Å². The SMILES string of the molecule is CNS(=O)(=O)Cc1[c]cccc1. The maximum atomic E-state index is 11.0. The highest BCUT2D eigenvalue weighted by Crippen LogP contribution is 2.01. The lowest BCUT2D eigenvalue weighted by Crippen LogP contribution is -2.20. The first-order valence-corrected chi connectivity index (χ1v) is 5.16. The van der Waals surface area contributed by atoms with Crippen LogP contribution in [0.15, 0.2) is 24.3 Å². The van der Waals surface area contributed by atoms with Gasteiger partial charge in [0.2, 0.25) is 10.0 Å². The monoisotopic (exact) mass is 184 g/mol. The molecule has 1 rings (SSSR count). The smallest absolute Gasteiger partial charge is 0.215 e. The van der Waals surface area contributed by atoms with Gasteiger partial charge in [0, 0.05) is 0 Å². The van der Waals surface area contributed by atoms with Crippen LogP contribution in [-0.2, 0) is 15.8 Å². The number of hydrogen-bond donors (Lipinski definition) is 1. The van der Waals surface area contributed by atoms with Crippen LogP contribution in [-0.4, -0.2) is 15.5 Å². The predicted octanol–water partition coefficient (Wildman–Crippen LogP) is 0.536. The van der Waals surface area contributed by atoms with E-state index in [1.54, 1.807) is 24.3 Å². The molecule has 3 nitrogen and oxygen atoms in total. The van der Waals surface area contributed by atoms with E-state index >= 15 is 0 Å². The molecule has 12 heavy (non-hydrogen) atoms. The van der Waals surface area contributed by atoms with E-state index in [0.717, 1.165) is 0 Å². The fraction of sp³-hybridized carbons (Fsp3) is 0.250. The Balaban J connectivity index is 2.78. The zero-order valence-electron chi connectivity index (χ0n) is 6.74. The summed E-state index contributed by atoms with van der Waals surface area (Å²) in [4.78, 5) is 0. The van der Waals surface area contributed by atoms with Gasteiger partial charge in [-0.15, -0.1) is 0 Å². The Kier molecular flexibility index (Phi) is 2.83. The largest absolute Gasteiger partial charge is 0.218 e. The highest BCUT2D eigenvalue weighted by Gasteiger charge is 2.06. The lowest BCUT2D eigenvalue weighted by Gasteiger charge is -2.00. The van der Waals surface area contributed by atoms with Gasteiger partial charge in [0.15, 0.2) is 0 Å². The summed E-state index contributed by atoms with van der Waals surface area (Å²) in [6, 6.07) is 9.86. The highest BCUT2D eigenvalue weighted by atomic mass is 32.2. The van der Waals surface area contributed by atoms with Crippen molar-refractivity contribution in [1.82, 2.24) is 4.72 Å². The van der Waals surface area contributed by atoms with Gasteiger partial charge in [0.1, 0.15) is 0 Å². The first-order chi connectivity index (χ1) is 5.64. The minimum Gasteiger partial charge on any atom is -0.218 e. The maximum Gasteiger partial charge on any atom is 0.215 e. The molecule has 0 spiro atoms. The Morgan fingerprint density at radius 2 is 2.25 bits per heavy atom. The third-order valence-corrected chi connectivity index (χ3v) is 2.74. The second kappa shape index (κ2) is 3.69. The first kappa shape index (κ1) is 9.22. The minimum atomic E-state index is -3.15. The van der Waals surface area contributed by atoms with Crippen molar-refractivity contribution in [2.75, 3.05) is 7.05 Å². The molecule has 0 amide bonds. The molecular formula is C8H10NO2S. The number of benzene rings is 1. The predicted molar refractivity (Wildman–Crippen MR) is 47.0 cm³/mol. The zero-order valence-corrected chi connectivity index (χ0v) is 7.56. The summed E-state index contributed by atoms with van der Waals surface area (Å²) < 4.78 is 24.3. The molecule has 1 radical (unpaired) electrons. The lowest BCUT2D eigenvalue weighted by atomic mass is 10.2. The maximum absolute atomic E-state index is 11.0. The Labute approximate surface area is 72.5 Å². The average molecular weight is 184 g/mol. The zero-order chi connectivity index (χ0) is 9.03. The van der Waals surface area contributed by atoms with Gasteiger partial charge in [-0.2, -0.15) is 0 Å². The summed E-state index contributed by atoms with van der Waals surface area (Å²) in [5, 5.41) is 0. The molecule has 0 heterocycles. The fourth-order valence-corrected chi connectivity index (χ4v) is 1.53. The van der Waals surface area contributed by atoms with Crippen LogP contribution in [0, 0.1) is 6.07 Å². The van der Waals surface area contributed by atoms with Crippen molar-refractivity contribution in [3.63, 3.8) is 0 Å². The van der Waals surface area contributed by atoms with Gasteiger partial charge in [-0.1, -0.05) is 24.3 Å². The van der Waals surface area contributed by atoms with E-state index in [0.29, 0.717) is 5.56 Å². The molecule has 1 N–H and O–H groups in total. The molecule has 1 aromatic rings. The molecule has 0 aliphatic heterocycles. The number of rotatable bonds is 3. The quantitative estimate of drug-likeness (QED) is 0.745. The van der Waals surface area contributed by atoms with Gasteiger partial charge in [0.25, 0.3) is 0 Å². The van der Waals surface area contributed by atoms with E-state index < -0.39 is 10.0 Å². The molecule has 4 heteroatoms. The van der Waals surface area contributed by atoms with Gasteiger partial charge in [-0.25, -0.2) is 13.1 Å². The Bertz CT molecular complexity index is 331. The Morgan fingerprint density at radius 3 is 2.75 bits per heavy atom. The summed E-state index contributed by atoms with van der Waals surface area (Å²) in [7, 11) is -1.75. The molecule has 0 unspecified atom stereocenters. The van der Waals surface area contributed by atoms with Crippen LogP contribution >= 0.6 is 0 Å². The molecule has 65 valence electrons. The second-order valence-corrected chi connectivity index (χ2v) is 4.28. The van der Waals surface area contributed by atoms with Crippen molar-refractivity contribution in [3.8, 4) is 0 Å². The molecule has 0 atom stereocenters. The van der Waals surface area contributed by atoms with Gasteiger partial charge in [-0.05, 0) is 18.7 Å². The normalized spacial score (nSPS) is 11.4. The van der Waals surface area contributed by atoms with E-state index in [1.165, 1.54) is 7.05 Å². The molecule has 1 aromatic carbocycles. The molecular weight excluding hydrogens is 174 g/mol. The number of sulfonamides is 1. The summed E-state index contributed by atoms with van der Waals surface area (Å²) in [6.07, 6.45) is 0. The number of nitrogens with one attached hydrogen (secondary N) is 1. The van der Waals surface area contributed by atoms with Crippen LogP contribution in [0.1, 0.15) is 5.56 Å². The topological polar surface area (TPSA) is 46.2 Å². The van der Waals surface area contributed by atoms with Gasteiger partial charge in [-0.3, -0.25) is 0 Å². The van der Waals surface area contributed by atoms with Crippen molar-refractivity contribution in [2.45, 2.75) is 5.75 Å². The van der Waals surface area contributed by atoms with Crippen LogP contribution in [0.2, 0.25) is 0 Å². The van der Waals surface area contributed by atoms with Crippen LogP contribution in [0.5, 0.6) is 0 Å². The van der Waals surface area contributed by atoms with E-state index in [9.17, 15) is 8.42 Å². The van der Waals surface area contributed by atoms with Crippen LogP contribution < -0.4 is 4.72 Å². The molecule has 0 aliphatic rings. The summed E-state index contributed by atoms with van der Waals surface area (Å²) >= 11 is 0. The summed E-state index contributed by atoms with van der Waals surface area (Å²) in [6.45, 7) is 0. The fourth-order valence-electron chi connectivity index (χ4n) is 0.797. The second-order valence-electron chi connectivity index (χ2n) is 2.35. The molecule has 0 fully saturated rings. The van der Waals surface area contributed by atoms with Crippen molar-refractivity contribution in [2.24, 2.45) is 0 Å². The van der Waals surface area contributed by atoms with Crippen molar-refractivity contribution in [3.05, 3.63) is 35.9 Å². The summed E-state index contributed by atoms with van der Waals surface area (Å²) in [5.74, 6) is -0.00958. The minimum absolute atomic E-state index is 0.00958. The molecule has 0 aliphatic carbocycles. The Hall–Kier alpha value is -0.870. The number of hydrogen-bond acceptors (Lipinski definition) is 2. The third-order valence-electron chi connectivity index (χ3n) is 1.43.